The number of ether oxygens (including phenoxy) is 1. The van der Waals surface area contributed by atoms with Crippen LogP contribution in [0.2, 0.25) is 0 Å². The molecule has 1 aromatic rings. The van der Waals surface area contributed by atoms with Gasteiger partial charge in [-0.3, -0.25) is 4.79 Å². The van der Waals surface area contributed by atoms with Gasteiger partial charge in [0, 0.05) is 12.5 Å². The van der Waals surface area contributed by atoms with E-state index in [1.807, 2.05) is 0 Å². The molecule has 18 heavy (non-hydrogen) atoms. The fourth-order valence-corrected chi connectivity index (χ4v) is 1.40. The average Bonchev–Trinajstić information content (AvgIpc) is 2.33. The third-order valence-corrected chi connectivity index (χ3v) is 2.49. The van der Waals surface area contributed by atoms with Gasteiger partial charge in [0.2, 0.25) is 0 Å². The number of carbonyl (C=O) groups excluding carboxylic acids is 1. The number of carbonyl (C=O) groups is 2. The molecular formula is C13H12O4S. The first-order chi connectivity index (χ1) is 8.58. The van der Waals surface area contributed by atoms with Crippen LogP contribution in [0.5, 0.6) is 5.75 Å². The lowest BCUT2D eigenvalue weighted by Gasteiger charge is -2.01. The summed E-state index contributed by atoms with van der Waals surface area (Å²) >= 11 is 1.16. The van der Waals surface area contributed by atoms with Gasteiger partial charge in [0.15, 0.2) is 11.7 Å². The van der Waals surface area contributed by atoms with E-state index >= 15 is 0 Å². The van der Waals surface area contributed by atoms with Crippen molar-refractivity contribution in [3.63, 3.8) is 0 Å². The van der Waals surface area contributed by atoms with E-state index in [4.69, 9.17) is 9.84 Å². The Kier molecular flexibility index (Phi) is 5.81. The molecule has 0 spiro atoms. The molecule has 94 valence electrons. The van der Waals surface area contributed by atoms with Gasteiger partial charge in [-0.15, -0.1) is 0 Å². The van der Waals surface area contributed by atoms with Gasteiger partial charge in [-0.05, 0) is 24.3 Å². The van der Waals surface area contributed by atoms with Crippen LogP contribution in [0.25, 0.3) is 0 Å². The molecule has 0 bridgehead atoms. The fraction of sp³-hybridized carbons (Fsp3) is 0.231. The quantitative estimate of drug-likeness (QED) is 0.840. The first-order valence-electron chi connectivity index (χ1n) is 5.15. The normalized spacial score (nSPS) is 9.17. The molecule has 0 aliphatic heterocycles. The summed E-state index contributed by atoms with van der Waals surface area (Å²) in [7, 11) is 0. The molecule has 0 unspecified atom stereocenters. The second kappa shape index (κ2) is 7.41. The Bertz CT molecular complexity index is 482. The highest BCUT2D eigenvalue weighted by Crippen LogP contribution is 2.11. The minimum atomic E-state index is -1.01. The topological polar surface area (TPSA) is 63.6 Å². The van der Waals surface area contributed by atoms with E-state index in [9.17, 15) is 9.59 Å². The van der Waals surface area contributed by atoms with Crippen molar-refractivity contribution in [1.29, 1.82) is 0 Å². The summed E-state index contributed by atoms with van der Waals surface area (Å²) in [5.41, 5.74) is 0.793. The number of carboxylic acids is 1. The first kappa shape index (κ1) is 14.1. The molecule has 0 atom stereocenters. The van der Waals surface area contributed by atoms with Gasteiger partial charge in [0.1, 0.15) is 5.75 Å². The van der Waals surface area contributed by atoms with Crippen LogP contribution in [0.4, 0.5) is 0 Å². The van der Waals surface area contributed by atoms with Crippen LogP contribution in [0.1, 0.15) is 12.5 Å². The lowest BCUT2D eigenvalue weighted by Crippen LogP contribution is -2.09. The Balaban J connectivity index is 2.49. The molecule has 0 heterocycles. The molecule has 1 aromatic carbocycles. The van der Waals surface area contributed by atoms with Crippen molar-refractivity contribution in [2.75, 3.05) is 12.4 Å². The molecule has 0 aromatic heterocycles. The van der Waals surface area contributed by atoms with Gasteiger partial charge in [0.25, 0.3) is 0 Å². The number of rotatable bonds is 4. The number of benzene rings is 1. The summed E-state index contributed by atoms with van der Waals surface area (Å²) in [5, 5.41) is 8.48. The second-order valence-corrected chi connectivity index (χ2v) is 4.44. The summed E-state index contributed by atoms with van der Waals surface area (Å²) in [6, 6.07) is 6.79. The molecule has 5 heteroatoms. The van der Waals surface area contributed by atoms with Gasteiger partial charge < -0.3 is 9.84 Å². The molecule has 0 aliphatic carbocycles. The molecule has 0 radical (unpaired) electrons. The predicted octanol–water partition coefficient (Wildman–Crippen LogP) is 1.78. The van der Waals surface area contributed by atoms with E-state index in [-0.39, 0.29) is 11.7 Å². The first-order valence-corrected chi connectivity index (χ1v) is 6.13. The van der Waals surface area contributed by atoms with Gasteiger partial charge >= 0.3 is 5.97 Å². The SMILES string of the molecule is CC(=O)SCC#Cc1ccc(OCC(=O)O)cc1. The molecule has 1 N–H and O–H groups in total. The van der Waals surface area contributed by atoms with Crippen LogP contribution in [0, 0.1) is 11.8 Å². The largest absolute Gasteiger partial charge is 0.482 e. The smallest absolute Gasteiger partial charge is 0.341 e. The van der Waals surface area contributed by atoms with E-state index < -0.39 is 5.97 Å². The van der Waals surface area contributed by atoms with Crippen LogP contribution < -0.4 is 4.74 Å². The number of aliphatic carboxylic acids is 1. The maximum absolute atomic E-state index is 10.7. The number of hydrogen-bond acceptors (Lipinski definition) is 4. The van der Waals surface area contributed by atoms with Crippen molar-refractivity contribution in [1.82, 2.24) is 0 Å². The summed E-state index contributed by atoms with van der Waals surface area (Å²) in [6.07, 6.45) is 0. The van der Waals surface area contributed by atoms with Crippen molar-refractivity contribution in [2.24, 2.45) is 0 Å². The van der Waals surface area contributed by atoms with Crippen LogP contribution in [0.3, 0.4) is 0 Å². The molecule has 0 fully saturated rings. The van der Waals surface area contributed by atoms with Gasteiger partial charge in [-0.2, -0.15) is 0 Å². The molecule has 0 amide bonds. The van der Waals surface area contributed by atoms with Crippen molar-refractivity contribution in [3.8, 4) is 17.6 Å². The third-order valence-electron chi connectivity index (χ3n) is 1.80. The number of carboxylic acid groups (broad SMARTS) is 1. The molecule has 0 aliphatic rings. The Morgan fingerprint density at radius 1 is 1.33 bits per heavy atom. The van der Waals surface area contributed by atoms with Crippen molar-refractivity contribution >= 4 is 22.8 Å². The second-order valence-electron chi connectivity index (χ2n) is 3.29. The maximum Gasteiger partial charge on any atom is 0.341 e. The average molecular weight is 264 g/mol. The van der Waals surface area contributed by atoms with Crippen LogP contribution in [-0.4, -0.2) is 28.6 Å². The minimum Gasteiger partial charge on any atom is -0.482 e. The van der Waals surface area contributed by atoms with Gasteiger partial charge in [-0.1, -0.05) is 23.6 Å². The zero-order valence-electron chi connectivity index (χ0n) is 9.80. The van der Waals surface area contributed by atoms with Crippen molar-refractivity contribution in [2.45, 2.75) is 6.92 Å². The monoisotopic (exact) mass is 264 g/mol. The summed E-state index contributed by atoms with van der Waals surface area (Å²) < 4.78 is 4.98. The summed E-state index contributed by atoms with van der Waals surface area (Å²) in [5.74, 6) is 5.70. The Hall–Kier alpha value is -1.93. The zero-order chi connectivity index (χ0) is 13.4. The van der Waals surface area contributed by atoms with E-state index in [1.165, 1.54) is 6.92 Å². The summed E-state index contributed by atoms with van der Waals surface area (Å²) in [4.78, 5) is 20.9. The molecule has 1 rings (SSSR count). The standard InChI is InChI=1S/C13H12O4S/c1-10(14)18-8-2-3-11-4-6-12(7-5-11)17-9-13(15)16/h4-7H,8-9H2,1H3,(H,15,16). The number of hydrogen-bond donors (Lipinski definition) is 1. The van der Waals surface area contributed by atoms with Crippen molar-refractivity contribution < 1.29 is 19.4 Å². The van der Waals surface area contributed by atoms with Crippen molar-refractivity contribution in [3.05, 3.63) is 29.8 Å². The molecule has 4 nitrogen and oxygen atoms in total. The van der Waals surface area contributed by atoms with Crippen LogP contribution in [-0.2, 0) is 9.59 Å². The lowest BCUT2D eigenvalue weighted by atomic mass is 10.2. The predicted molar refractivity (Wildman–Crippen MR) is 69.6 cm³/mol. The Labute approximate surface area is 109 Å². The molecule has 0 saturated heterocycles. The van der Waals surface area contributed by atoms with Crippen LogP contribution in [0.15, 0.2) is 24.3 Å². The summed E-state index contributed by atoms with van der Waals surface area (Å²) in [6.45, 7) is 1.14. The zero-order valence-corrected chi connectivity index (χ0v) is 10.6. The maximum atomic E-state index is 10.7. The molecular weight excluding hydrogens is 252 g/mol. The lowest BCUT2D eigenvalue weighted by molar-refractivity contribution is -0.139. The van der Waals surface area contributed by atoms with E-state index in [0.29, 0.717) is 11.5 Å². The highest BCUT2D eigenvalue weighted by molar-refractivity contribution is 8.13. The van der Waals surface area contributed by atoms with Gasteiger partial charge in [0.05, 0.1) is 5.75 Å². The Morgan fingerprint density at radius 3 is 2.56 bits per heavy atom. The molecule has 0 saturated carbocycles. The fourth-order valence-electron chi connectivity index (χ4n) is 1.06. The number of thioether (sulfide) groups is 1. The highest BCUT2D eigenvalue weighted by atomic mass is 32.2. The van der Waals surface area contributed by atoms with E-state index in [2.05, 4.69) is 11.8 Å². The van der Waals surface area contributed by atoms with E-state index in [1.54, 1.807) is 24.3 Å². The van der Waals surface area contributed by atoms with Crippen LogP contribution >= 0.6 is 11.8 Å². The minimum absolute atomic E-state index is 0.0433. The van der Waals surface area contributed by atoms with E-state index in [0.717, 1.165) is 17.3 Å². The van der Waals surface area contributed by atoms with Gasteiger partial charge in [-0.25, -0.2) is 4.79 Å². The Morgan fingerprint density at radius 2 is 2.00 bits per heavy atom. The third kappa shape index (κ3) is 5.97. The highest BCUT2D eigenvalue weighted by Gasteiger charge is 1.98.